The van der Waals surface area contributed by atoms with Crippen molar-refractivity contribution in [1.82, 2.24) is 0 Å². The zero-order valence-corrected chi connectivity index (χ0v) is 30.0. The van der Waals surface area contributed by atoms with Crippen LogP contribution in [0.1, 0.15) is 90.3 Å². The highest BCUT2D eigenvalue weighted by Crippen LogP contribution is 2.35. The number of benzene rings is 3. The molecule has 238 valence electrons. The van der Waals surface area contributed by atoms with Gasteiger partial charge in [0.05, 0.1) is 0 Å². The summed E-state index contributed by atoms with van der Waals surface area (Å²) >= 11 is 5.10. The lowest BCUT2D eigenvalue weighted by molar-refractivity contribution is 0.492. The maximum Gasteiger partial charge on any atom is 0.0121 e. The second kappa shape index (κ2) is 16.1. The Labute approximate surface area is 285 Å². The van der Waals surface area contributed by atoms with E-state index in [0.29, 0.717) is 11.8 Å². The third kappa shape index (κ3) is 9.60. The van der Waals surface area contributed by atoms with E-state index in [2.05, 4.69) is 189 Å². The van der Waals surface area contributed by atoms with E-state index >= 15 is 0 Å². The molecule has 46 heavy (non-hydrogen) atoms. The van der Waals surface area contributed by atoms with Crippen LogP contribution in [0.4, 0.5) is 0 Å². The number of hydrogen-bond donors (Lipinski definition) is 1. The van der Waals surface area contributed by atoms with E-state index in [0.717, 1.165) is 16.9 Å². The molecule has 1 aliphatic carbocycles. The van der Waals surface area contributed by atoms with Gasteiger partial charge in [-0.25, -0.2) is 0 Å². The van der Waals surface area contributed by atoms with Gasteiger partial charge in [0.2, 0.25) is 0 Å². The molecule has 0 heterocycles. The molecular formula is C45H52S. The van der Waals surface area contributed by atoms with Crippen LogP contribution in [-0.2, 0) is 0 Å². The third-order valence-electron chi connectivity index (χ3n) is 9.00. The zero-order chi connectivity index (χ0) is 33.3. The lowest BCUT2D eigenvalue weighted by Gasteiger charge is -2.25. The number of rotatable bonds is 10. The summed E-state index contributed by atoms with van der Waals surface area (Å²) in [5, 5.41) is 0. The summed E-state index contributed by atoms with van der Waals surface area (Å²) in [6.45, 7) is 18.0. The SMILES string of the molecule is CC(C)=C/C(C)=C(/C(S)=C/C=C/C(c1ccc(C2C=CC=CC2)cc1)C(C)/C=C(\C)C(C)(C)C)c1ccc(-c2ccccc2)cc1. The molecule has 0 saturated carbocycles. The first kappa shape index (κ1) is 35.1. The predicted molar refractivity (Wildman–Crippen MR) is 207 cm³/mol. The Morgan fingerprint density at radius 3 is 2.07 bits per heavy atom. The first-order chi connectivity index (χ1) is 21.9. The van der Waals surface area contributed by atoms with Gasteiger partial charge in [0, 0.05) is 16.7 Å². The fourth-order valence-corrected chi connectivity index (χ4v) is 6.42. The maximum absolute atomic E-state index is 5.10. The molecule has 3 atom stereocenters. The topological polar surface area (TPSA) is 0 Å². The molecule has 0 aliphatic heterocycles. The van der Waals surface area contributed by atoms with Gasteiger partial charge in [-0.05, 0) is 90.5 Å². The monoisotopic (exact) mass is 624 g/mol. The van der Waals surface area contributed by atoms with Crippen molar-refractivity contribution in [3.8, 4) is 11.1 Å². The summed E-state index contributed by atoms with van der Waals surface area (Å²) in [6.07, 6.45) is 21.4. The van der Waals surface area contributed by atoms with Gasteiger partial charge in [-0.2, -0.15) is 0 Å². The van der Waals surface area contributed by atoms with Gasteiger partial charge in [-0.3, -0.25) is 0 Å². The minimum absolute atomic E-state index is 0.142. The van der Waals surface area contributed by atoms with Crippen molar-refractivity contribution >= 4 is 18.2 Å². The normalized spacial score (nSPS) is 17.5. The number of thiol groups is 1. The van der Waals surface area contributed by atoms with Crippen LogP contribution in [0.3, 0.4) is 0 Å². The Kier molecular flexibility index (Phi) is 12.3. The van der Waals surface area contributed by atoms with Crippen molar-refractivity contribution in [3.05, 3.63) is 172 Å². The Hall–Kier alpha value is -3.81. The molecule has 0 radical (unpaired) electrons. The number of hydrogen-bond acceptors (Lipinski definition) is 1. The highest BCUT2D eigenvalue weighted by molar-refractivity contribution is 7.85. The molecule has 0 N–H and O–H groups in total. The average molecular weight is 625 g/mol. The minimum Gasteiger partial charge on any atom is -0.143 e. The summed E-state index contributed by atoms with van der Waals surface area (Å²) in [4.78, 5) is 0.957. The third-order valence-corrected chi connectivity index (χ3v) is 9.37. The number of allylic oxidation sites excluding steroid dienone is 13. The molecule has 4 rings (SSSR count). The highest BCUT2D eigenvalue weighted by Gasteiger charge is 2.20. The van der Waals surface area contributed by atoms with Gasteiger partial charge in [0.1, 0.15) is 0 Å². The van der Waals surface area contributed by atoms with Gasteiger partial charge in [0.25, 0.3) is 0 Å². The van der Waals surface area contributed by atoms with Crippen LogP contribution in [0.2, 0.25) is 0 Å². The van der Waals surface area contributed by atoms with E-state index < -0.39 is 0 Å². The second-order valence-electron chi connectivity index (χ2n) is 14.0. The Morgan fingerprint density at radius 2 is 1.48 bits per heavy atom. The van der Waals surface area contributed by atoms with Crippen LogP contribution in [0.5, 0.6) is 0 Å². The van der Waals surface area contributed by atoms with Crippen molar-refractivity contribution in [3.63, 3.8) is 0 Å². The second-order valence-corrected chi connectivity index (χ2v) is 14.4. The molecule has 0 spiro atoms. The van der Waals surface area contributed by atoms with Gasteiger partial charge in [-0.15, -0.1) is 12.6 Å². The van der Waals surface area contributed by atoms with Gasteiger partial charge in [-0.1, -0.05) is 166 Å². The smallest absolute Gasteiger partial charge is 0.0121 e. The van der Waals surface area contributed by atoms with Gasteiger partial charge in [0.15, 0.2) is 0 Å². The quantitative estimate of drug-likeness (QED) is 0.129. The van der Waals surface area contributed by atoms with E-state index in [1.165, 1.54) is 44.5 Å². The van der Waals surface area contributed by atoms with Crippen molar-refractivity contribution in [2.24, 2.45) is 11.3 Å². The molecule has 3 aromatic carbocycles. The predicted octanol–water partition coefficient (Wildman–Crippen LogP) is 13.5. The lowest BCUT2D eigenvalue weighted by Crippen LogP contribution is -2.11. The molecule has 0 aromatic heterocycles. The van der Waals surface area contributed by atoms with Crippen LogP contribution in [0.25, 0.3) is 16.7 Å². The molecule has 1 heteroatoms. The largest absolute Gasteiger partial charge is 0.143 e. The van der Waals surface area contributed by atoms with Crippen molar-refractivity contribution < 1.29 is 0 Å². The first-order valence-electron chi connectivity index (χ1n) is 16.7. The minimum atomic E-state index is 0.142. The Bertz CT molecular complexity index is 1660. The summed E-state index contributed by atoms with van der Waals surface area (Å²) in [7, 11) is 0. The van der Waals surface area contributed by atoms with Crippen LogP contribution in [0, 0.1) is 11.3 Å². The van der Waals surface area contributed by atoms with E-state index in [9.17, 15) is 0 Å². The molecule has 3 unspecified atom stereocenters. The summed E-state index contributed by atoms with van der Waals surface area (Å²) in [5.74, 6) is 1.03. The Balaban J connectivity index is 1.69. The van der Waals surface area contributed by atoms with Gasteiger partial charge >= 0.3 is 0 Å². The standard InChI is InChI=1S/C45H52S/c1-32(2)30-34(4)44(41-28-24-39(25-29-41)37-18-13-10-14-19-37)43(46)21-15-20-42(33(3)31-35(5)45(6,7)8)40-26-22-38(23-27-40)36-16-11-9-12-17-36/h9-16,18-31,33,36,42,46H,17H2,1-8H3/b20-15+,35-31+,43-21-,44-34+. The first-order valence-corrected chi connectivity index (χ1v) is 17.1. The van der Waals surface area contributed by atoms with E-state index in [1.54, 1.807) is 0 Å². The molecule has 0 nitrogen and oxygen atoms in total. The van der Waals surface area contributed by atoms with E-state index in [4.69, 9.17) is 12.6 Å². The lowest BCUT2D eigenvalue weighted by atomic mass is 9.80. The van der Waals surface area contributed by atoms with Crippen molar-refractivity contribution in [1.29, 1.82) is 0 Å². The molecule has 0 saturated heterocycles. The fraction of sp³-hybridized carbons (Fsp3) is 0.289. The molecule has 0 bridgehead atoms. The summed E-state index contributed by atoms with van der Waals surface area (Å²) in [5.41, 5.74) is 11.5. The summed E-state index contributed by atoms with van der Waals surface area (Å²) in [6, 6.07) is 28.7. The van der Waals surface area contributed by atoms with Crippen molar-refractivity contribution in [2.75, 3.05) is 0 Å². The Morgan fingerprint density at radius 1 is 0.826 bits per heavy atom. The molecule has 1 aliphatic rings. The van der Waals surface area contributed by atoms with Crippen LogP contribution in [0.15, 0.2) is 155 Å². The maximum atomic E-state index is 5.10. The summed E-state index contributed by atoms with van der Waals surface area (Å²) < 4.78 is 0. The molecule has 0 fully saturated rings. The molecule has 3 aromatic rings. The zero-order valence-electron chi connectivity index (χ0n) is 29.1. The van der Waals surface area contributed by atoms with E-state index in [1.807, 2.05) is 0 Å². The highest BCUT2D eigenvalue weighted by atomic mass is 32.1. The molecule has 0 amide bonds. The van der Waals surface area contributed by atoms with Crippen LogP contribution in [-0.4, -0.2) is 0 Å². The fourth-order valence-electron chi connectivity index (χ4n) is 6.02. The molecular weight excluding hydrogens is 573 g/mol. The van der Waals surface area contributed by atoms with Crippen LogP contribution < -0.4 is 0 Å². The van der Waals surface area contributed by atoms with Crippen LogP contribution >= 0.6 is 12.6 Å². The van der Waals surface area contributed by atoms with Crippen molar-refractivity contribution in [2.45, 2.75) is 73.6 Å². The average Bonchev–Trinajstić information content (AvgIpc) is 3.03. The van der Waals surface area contributed by atoms with Gasteiger partial charge < -0.3 is 0 Å². The van der Waals surface area contributed by atoms with E-state index in [-0.39, 0.29) is 11.3 Å².